The normalized spacial score (nSPS) is 17.4. The van der Waals surface area contributed by atoms with Crippen molar-refractivity contribution in [2.45, 2.75) is 25.1 Å². The molecular formula is C11H15ClF3N3. The number of aromatic nitrogens is 1. The van der Waals surface area contributed by atoms with E-state index < -0.39 is 11.9 Å². The fourth-order valence-corrected chi connectivity index (χ4v) is 1.93. The van der Waals surface area contributed by atoms with Gasteiger partial charge in [-0.15, -0.1) is 12.4 Å². The predicted octanol–water partition coefficient (Wildman–Crippen LogP) is 2.45. The summed E-state index contributed by atoms with van der Waals surface area (Å²) in [6.07, 6.45) is -1.57. The van der Waals surface area contributed by atoms with Gasteiger partial charge in [-0.2, -0.15) is 13.2 Å². The second-order valence-electron chi connectivity index (χ2n) is 4.22. The molecule has 0 amide bonds. The van der Waals surface area contributed by atoms with E-state index in [1.165, 1.54) is 6.20 Å². The lowest BCUT2D eigenvalue weighted by atomic mass is 10.1. The van der Waals surface area contributed by atoms with Crippen LogP contribution in [0.15, 0.2) is 18.3 Å². The quantitative estimate of drug-likeness (QED) is 0.860. The van der Waals surface area contributed by atoms with Crippen LogP contribution >= 0.6 is 12.4 Å². The third kappa shape index (κ3) is 3.49. The Balaban J connectivity index is 0.00000162. The summed E-state index contributed by atoms with van der Waals surface area (Å²) in [7, 11) is 0. The number of rotatable bonds is 1. The molecule has 2 heterocycles. The lowest BCUT2D eigenvalue weighted by molar-refractivity contribution is -0.141. The molecule has 18 heavy (non-hydrogen) atoms. The molecule has 7 heteroatoms. The van der Waals surface area contributed by atoms with E-state index in [9.17, 15) is 13.2 Å². The summed E-state index contributed by atoms with van der Waals surface area (Å²) in [6, 6.07) is 2.86. The van der Waals surface area contributed by atoms with Crippen LogP contribution in [-0.2, 0) is 6.18 Å². The molecule has 0 bridgehead atoms. The molecule has 1 fully saturated rings. The molecule has 0 spiro atoms. The van der Waals surface area contributed by atoms with Crippen LogP contribution in [0.2, 0.25) is 0 Å². The molecule has 1 saturated heterocycles. The van der Waals surface area contributed by atoms with E-state index in [0.717, 1.165) is 18.9 Å². The highest BCUT2D eigenvalue weighted by Crippen LogP contribution is 2.30. The standard InChI is InChI=1S/C11H14F3N3.ClH/c12-11(13,14)10-7-9(1-4-16-10)17-5-2-8(15)3-6-17;/h1,4,7-8H,2-3,5-6,15H2;1H. The molecule has 0 atom stereocenters. The number of halogens is 4. The molecule has 102 valence electrons. The zero-order chi connectivity index (χ0) is 12.5. The van der Waals surface area contributed by atoms with Gasteiger partial charge in [0.1, 0.15) is 5.69 Å². The number of nitrogens with zero attached hydrogens (tertiary/aromatic N) is 2. The first kappa shape index (κ1) is 15.0. The van der Waals surface area contributed by atoms with Crippen molar-refractivity contribution in [2.24, 2.45) is 5.73 Å². The van der Waals surface area contributed by atoms with Crippen LogP contribution in [0, 0.1) is 0 Å². The van der Waals surface area contributed by atoms with Crippen molar-refractivity contribution in [3.8, 4) is 0 Å². The Bertz CT molecular complexity index is 389. The monoisotopic (exact) mass is 281 g/mol. The van der Waals surface area contributed by atoms with Gasteiger partial charge in [0.15, 0.2) is 0 Å². The largest absolute Gasteiger partial charge is 0.433 e. The minimum atomic E-state index is -4.39. The van der Waals surface area contributed by atoms with Gasteiger partial charge in [-0.3, -0.25) is 4.98 Å². The van der Waals surface area contributed by atoms with Gasteiger partial charge in [0.25, 0.3) is 0 Å². The highest BCUT2D eigenvalue weighted by molar-refractivity contribution is 5.85. The van der Waals surface area contributed by atoms with E-state index in [4.69, 9.17) is 5.73 Å². The van der Waals surface area contributed by atoms with E-state index in [1.807, 2.05) is 4.90 Å². The van der Waals surface area contributed by atoms with Gasteiger partial charge in [-0.05, 0) is 25.0 Å². The molecule has 0 saturated carbocycles. The Morgan fingerprint density at radius 3 is 2.44 bits per heavy atom. The minimum absolute atomic E-state index is 0. The van der Waals surface area contributed by atoms with Gasteiger partial charge in [0.2, 0.25) is 0 Å². The van der Waals surface area contributed by atoms with Gasteiger partial charge in [0, 0.05) is 31.0 Å². The van der Waals surface area contributed by atoms with Gasteiger partial charge in [-0.25, -0.2) is 0 Å². The number of alkyl halides is 3. The Hall–Kier alpha value is -1.01. The SMILES string of the molecule is Cl.NC1CCN(c2ccnc(C(F)(F)F)c2)CC1. The van der Waals surface area contributed by atoms with E-state index in [0.29, 0.717) is 18.8 Å². The van der Waals surface area contributed by atoms with Crippen LogP contribution in [0.1, 0.15) is 18.5 Å². The first-order valence-corrected chi connectivity index (χ1v) is 5.50. The summed E-state index contributed by atoms with van der Waals surface area (Å²) < 4.78 is 37.5. The molecule has 1 aliphatic heterocycles. The number of piperidine rings is 1. The van der Waals surface area contributed by atoms with E-state index in [-0.39, 0.29) is 18.4 Å². The molecule has 2 rings (SSSR count). The average molecular weight is 282 g/mol. The minimum Gasteiger partial charge on any atom is -0.371 e. The Morgan fingerprint density at radius 1 is 1.28 bits per heavy atom. The lowest BCUT2D eigenvalue weighted by Gasteiger charge is -2.32. The highest BCUT2D eigenvalue weighted by Gasteiger charge is 2.33. The molecule has 3 nitrogen and oxygen atoms in total. The molecule has 0 aromatic carbocycles. The van der Waals surface area contributed by atoms with Gasteiger partial charge >= 0.3 is 6.18 Å². The summed E-state index contributed by atoms with van der Waals surface area (Å²) in [6.45, 7) is 1.39. The molecule has 0 radical (unpaired) electrons. The second-order valence-corrected chi connectivity index (χ2v) is 4.22. The van der Waals surface area contributed by atoms with Crippen molar-refractivity contribution in [2.75, 3.05) is 18.0 Å². The Kier molecular flexibility index (Phi) is 4.81. The number of hydrogen-bond acceptors (Lipinski definition) is 3. The molecular weight excluding hydrogens is 267 g/mol. The topological polar surface area (TPSA) is 42.1 Å². The van der Waals surface area contributed by atoms with Gasteiger partial charge in [0.05, 0.1) is 0 Å². The molecule has 2 N–H and O–H groups in total. The maximum Gasteiger partial charge on any atom is 0.433 e. The fraction of sp³-hybridized carbons (Fsp3) is 0.545. The van der Waals surface area contributed by atoms with Gasteiger partial charge < -0.3 is 10.6 Å². The molecule has 1 aromatic heterocycles. The Morgan fingerprint density at radius 2 is 1.89 bits per heavy atom. The van der Waals surface area contributed by atoms with Crippen molar-refractivity contribution in [3.05, 3.63) is 24.0 Å². The zero-order valence-corrected chi connectivity index (χ0v) is 10.5. The van der Waals surface area contributed by atoms with Crippen LogP contribution in [0.5, 0.6) is 0 Å². The summed E-state index contributed by atoms with van der Waals surface area (Å²) in [5.41, 5.74) is 5.48. The number of nitrogens with two attached hydrogens (primary N) is 1. The smallest absolute Gasteiger partial charge is 0.371 e. The van der Waals surface area contributed by atoms with Gasteiger partial charge in [-0.1, -0.05) is 0 Å². The van der Waals surface area contributed by atoms with Crippen molar-refractivity contribution in [1.82, 2.24) is 4.98 Å². The maximum atomic E-state index is 12.5. The van der Waals surface area contributed by atoms with Crippen LogP contribution < -0.4 is 10.6 Å². The fourth-order valence-electron chi connectivity index (χ4n) is 1.93. The van der Waals surface area contributed by atoms with Crippen LogP contribution in [0.3, 0.4) is 0 Å². The number of anilines is 1. The first-order valence-electron chi connectivity index (χ1n) is 5.50. The number of hydrogen-bond donors (Lipinski definition) is 1. The third-order valence-electron chi connectivity index (χ3n) is 2.94. The Labute approximate surface area is 110 Å². The lowest BCUT2D eigenvalue weighted by Crippen LogP contribution is -2.39. The van der Waals surface area contributed by atoms with E-state index in [2.05, 4.69) is 4.98 Å². The molecule has 0 aliphatic carbocycles. The summed E-state index contributed by atoms with van der Waals surface area (Å²) in [5.74, 6) is 0. The predicted molar refractivity (Wildman–Crippen MR) is 65.9 cm³/mol. The second kappa shape index (κ2) is 5.75. The van der Waals surface area contributed by atoms with Crippen molar-refractivity contribution in [1.29, 1.82) is 0 Å². The summed E-state index contributed by atoms with van der Waals surface area (Å²) >= 11 is 0. The third-order valence-corrected chi connectivity index (χ3v) is 2.94. The zero-order valence-electron chi connectivity index (χ0n) is 9.65. The molecule has 1 aliphatic rings. The summed E-state index contributed by atoms with van der Waals surface area (Å²) in [5, 5.41) is 0. The highest BCUT2D eigenvalue weighted by atomic mass is 35.5. The number of pyridine rings is 1. The van der Waals surface area contributed by atoms with Crippen molar-refractivity contribution in [3.63, 3.8) is 0 Å². The first-order chi connectivity index (χ1) is 7.97. The van der Waals surface area contributed by atoms with Crippen LogP contribution in [-0.4, -0.2) is 24.1 Å². The van der Waals surface area contributed by atoms with E-state index >= 15 is 0 Å². The molecule has 0 unspecified atom stereocenters. The van der Waals surface area contributed by atoms with Crippen molar-refractivity contribution >= 4 is 18.1 Å². The van der Waals surface area contributed by atoms with Crippen LogP contribution in [0.4, 0.5) is 18.9 Å². The maximum absolute atomic E-state index is 12.5. The van der Waals surface area contributed by atoms with Crippen LogP contribution in [0.25, 0.3) is 0 Å². The van der Waals surface area contributed by atoms with Crippen molar-refractivity contribution < 1.29 is 13.2 Å². The van der Waals surface area contributed by atoms with E-state index in [1.54, 1.807) is 6.07 Å². The molecule has 1 aromatic rings. The summed E-state index contributed by atoms with van der Waals surface area (Å²) in [4.78, 5) is 5.26. The average Bonchev–Trinajstić information content (AvgIpc) is 2.29.